The summed E-state index contributed by atoms with van der Waals surface area (Å²) in [5, 5.41) is 2.23. The second-order valence-electron chi connectivity index (χ2n) is 4.01. The van der Waals surface area contributed by atoms with E-state index in [-0.39, 0.29) is 17.2 Å². The van der Waals surface area contributed by atoms with Crippen LogP contribution >= 0.6 is 0 Å². The van der Waals surface area contributed by atoms with Crippen LogP contribution in [0.2, 0.25) is 0 Å². The fourth-order valence-electron chi connectivity index (χ4n) is 1.08. The molecular formula is C9H13NO2. The molecule has 1 N–H and O–H groups in total. The molecule has 0 unspecified atom stereocenters. The fraction of sp³-hybridized carbons (Fsp3) is 0.556. The van der Waals surface area contributed by atoms with E-state index in [0.717, 1.165) is 5.57 Å². The Hall–Kier alpha value is -1.12. The van der Waals surface area contributed by atoms with Crippen LogP contribution in [0.5, 0.6) is 0 Å². The molecule has 0 aliphatic carbocycles. The van der Waals surface area contributed by atoms with Crippen molar-refractivity contribution in [1.29, 1.82) is 0 Å². The molecule has 0 radical (unpaired) electrons. The normalized spacial score (nSPS) is 18.8. The quantitative estimate of drug-likeness (QED) is 0.547. The lowest BCUT2D eigenvalue weighted by atomic mass is 9.83. The molecule has 2 amide bonds. The van der Waals surface area contributed by atoms with Gasteiger partial charge in [0.2, 0.25) is 5.91 Å². The van der Waals surface area contributed by atoms with Gasteiger partial charge in [0.25, 0.3) is 5.91 Å². The summed E-state index contributed by atoms with van der Waals surface area (Å²) in [5.74, 6) is -0.497. The Morgan fingerprint density at radius 1 is 1.33 bits per heavy atom. The topological polar surface area (TPSA) is 46.2 Å². The van der Waals surface area contributed by atoms with Crippen molar-refractivity contribution in [2.45, 2.75) is 27.2 Å². The van der Waals surface area contributed by atoms with Crippen molar-refractivity contribution in [3.63, 3.8) is 0 Å². The van der Waals surface area contributed by atoms with E-state index >= 15 is 0 Å². The lowest BCUT2D eigenvalue weighted by molar-refractivity contribution is -0.128. The van der Waals surface area contributed by atoms with Gasteiger partial charge in [-0.3, -0.25) is 14.9 Å². The third-order valence-corrected chi connectivity index (χ3v) is 1.88. The van der Waals surface area contributed by atoms with Crippen LogP contribution in [-0.4, -0.2) is 11.8 Å². The molecule has 0 saturated carbocycles. The van der Waals surface area contributed by atoms with Crippen molar-refractivity contribution in [1.82, 2.24) is 5.32 Å². The van der Waals surface area contributed by atoms with E-state index in [4.69, 9.17) is 0 Å². The molecule has 1 heterocycles. The third-order valence-electron chi connectivity index (χ3n) is 1.88. The summed E-state index contributed by atoms with van der Waals surface area (Å²) in [4.78, 5) is 21.9. The first-order chi connectivity index (χ1) is 5.39. The van der Waals surface area contributed by atoms with Gasteiger partial charge in [-0.1, -0.05) is 26.3 Å². The highest BCUT2D eigenvalue weighted by atomic mass is 16.2. The molecule has 1 rings (SSSR count). The number of carbonyl (C=O) groups is 2. The minimum atomic E-state index is -0.295. The van der Waals surface area contributed by atoms with Crippen LogP contribution in [0.1, 0.15) is 27.2 Å². The Morgan fingerprint density at radius 2 is 1.92 bits per heavy atom. The smallest absolute Gasteiger partial charge is 0.250 e. The van der Waals surface area contributed by atoms with Crippen LogP contribution in [0.15, 0.2) is 11.6 Å². The van der Waals surface area contributed by atoms with Gasteiger partial charge in [-0.2, -0.15) is 0 Å². The number of nitrogens with one attached hydrogen (secondary N) is 1. The van der Waals surface area contributed by atoms with E-state index in [1.54, 1.807) is 0 Å². The highest BCUT2D eigenvalue weighted by Gasteiger charge is 2.24. The van der Waals surface area contributed by atoms with Crippen LogP contribution in [-0.2, 0) is 9.59 Å². The maximum Gasteiger partial charge on any atom is 0.250 e. The molecule has 0 aromatic heterocycles. The summed E-state index contributed by atoms with van der Waals surface area (Å²) in [6.07, 6.45) is 1.86. The van der Waals surface area contributed by atoms with Gasteiger partial charge in [0, 0.05) is 12.5 Å². The number of carbonyl (C=O) groups excluding carboxylic acids is 2. The van der Waals surface area contributed by atoms with Crippen LogP contribution in [0, 0.1) is 5.41 Å². The summed E-state index contributed by atoms with van der Waals surface area (Å²) in [5.41, 5.74) is 0.809. The molecular weight excluding hydrogens is 154 g/mol. The van der Waals surface area contributed by atoms with Crippen LogP contribution in [0.3, 0.4) is 0 Å². The summed E-state index contributed by atoms with van der Waals surface area (Å²) in [6.45, 7) is 5.97. The third kappa shape index (κ3) is 1.94. The lowest BCUT2D eigenvalue weighted by Gasteiger charge is -2.24. The number of hydrogen-bond acceptors (Lipinski definition) is 2. The van der Waals surface area contributed by atoms with Crippen LogP contribution in [0.4, 0.5) is 0 Å². The minimum Gasteiger partial charge on any atom is -0.293 e. The molecule has 0 fully saturated rings. The average Bonchev–Trinajstić information content (AvgIpc) is 1.82. The van der Waals surface area contributed by atoms with Gasteiger partial charge in [0.05, 0.1) is 0 Å². The number of amides is 2. The molecule has 3 nitrogen and oxygen atoms in total. The zero-order valence-electron chi connectivity index (χ0n) is 7.60. The number of imide groups is 1. The van der Waals surface area contributed by atoms with Crippen molar-refractivity contribution in [3.8, 4) is 0 Å². The van der Waals surface area contributed by atoms with Crippen molar-refractivity contribution in [2.75, 3.05) is 0 Å². The number of hydrogen-bond donors (Lipinski definition) is 1. The van der Waals surface area contributed by atoms with Crippen LogP contribution < -0.4 is 5.32 Å². The number of rotatable bonds is 0. The molecule has 0 atom stereocenters. The first-order valence-electron chi connectivity index (χ1n) is 3.94. The SMILES string of the molecule is CC(C)(C)C1=CC(=O)NC(=O)C1. The van der Waals surface area contributed by atoms with Gasteiger partial charge in [0.1, 0.15) is 0 Å². The van der Waals surface area contributed by atoms with E-state index in [2.05, 4.69) is 5.32 Å². The second-order valence-corrected chi connectivity index (χ2v) is 4.01. The van der Waals surface area contributed by atoms with Gasteiger partial charge in [-0.15, -0.1) is 0 Å². The van der Waals surface area contributed by atoms with Crippen molar-refractivity contribution in [2.24, 2.45) is 5.41 Å². The molecule has 1 aliphatic heterocycles. The molecule has 0 spiro atoms. The standard InChI is InChI=1S/C9H13NO2/c1-9(2,3)6-4-7(11)10-8(12)5-6/h4H,5H2,1-3H3,(H,10,11,12). The highest BCUT2D eigenvalue weighted by Crippen LogP contribution is 2.28. The summed E-state index contributed by atoms with van der Waals surface area (Å²) in [7, 11) is 0. The molecule has 0 aromatic carbocycles. The monoisotopic (exact) mass is 167 g/mol. The van der Waals surface area contributed by atoms with E-state index in [1.165, 1.54) is 6.08 Å². The maximum atomic E-state index is 11.0. The van der Waals surface area contributed by atoms with Gasteiger partial charge < -0.3 is 0 Å². The first-order valence-corrected chi connectivity index (χ1v) is 3.94. The largest absolute Gasteiger partial charge is 0.293 e. The molecule has 0 saturated heterocycles. The zero-order valence-corrected chi connectivity index (χ0v) is 7.60. The molecule has 3 heteroatoms. The van der Waals surface area contributed by atoms with Gasteiger partial charge in [0.15, 0.2) is 0 Å². The molecule has 1 aliphatic rings. The Morgan fingerprint density at radius 3 is 2.33 bits per heavy atom. The minimum absolute atomic E-state index is 0.0899. The Kier molecular flexibility index (Phi) is 2.04. The summed E-state index contributed by atoms with van der Waals surface area (Å²) >= 11 is 0. The first kappa shape index (κ1) is 8.97. The average molecular weight is 167 g/mol. The van der Waals surface area contributed by atoms with Gasteiger partial charge in [-0.05, 0) is 5.41 Å². The summed E-state index contributed by atoms with van der Waals surface area (Å²) in [6, 6.07) is 0. The van der Waals surface area contributed by atoms with E-state index in [1.807, 2.05) is 20.8 Å². The highest BCUT2D eigenvalue weighted by molar-refractivity contribution is 6.05. The Bertz CT molecular complexity index is 258. The van der Waals surface area contributed by atoms with Crippen molar-refractivity contribution < 1.29 is 9.59 Å². The van der Waals surface area contributed by atoms with Gasteiger partial charge in [-0.25, -0.2) is 0 Å². The zero-order chi connectivity index (χ0) is 9.35. The fourth-order valence-corrected chi connectivity index (χ4v) is 1.08. The maximum absolute atomic E-state index is 11.0. The predicted molar refractivity (Wildman–Crippen MR) is 45.3 cm³/mol. The molecule has 0 bridgehead atoms. The lowest BCUT2D eigenvalue weighted by Crippen LogP contribution is -2.35. The molecule has 12 heavy (non-hydrogen) atoms. The van der Waals surface area contributed by atoms with Crippen molar-refractivity contribution >= 4 is 11.8 Å². The molecule has 66 valence electrons. The van der Waals surface area contributed by atoms with Crippen LogP contribution in [0.25, 0.3) is 0 Å². The van der Waals surface area contributed by atoms with E-state index in [0.29, 0.717) is 6.42 Å². The van der Waals surface area contributed by atoms with E-state index in [9.17, 15) is 9.59 Å². The Balaban J connectivity index is 2.92. The summed E-state index contributed by atoms with van der Waals surface area (Å²) < 4.78 is 0. The van der Waals surface area contributed by atoms with Gasteiger partial charge >= 0.3 is 0 Å². The van der Waals surface area contributed by atoms with Crippen molar-refractivity contribution in [3.05, 3.63) is 11.6 Å². The predicted octanol–water partition coefficient (Wildman–Crippen LogP) is 1.01. The van der Waals surface area contributed by atoms with E-state index < -0.39 is 0 Å². The second kappa shape index (κ2) is 2.73. The Labute approximate surface area is 71.8 Å². The molecule has 0 aromatic rings.